The van der Waals surface area contributed by atoms with Crippen molar-refractivity contribution in [2.45, 2.75) is 12.6 Å². The Hall–Kier alpha value is -3.19. The van der Waals surface area contributed by atoms with Crippen molar-refractivity contribution in [3.05, 3.63) is 70.2 Å². The second kappa shape index (κ2) is 7.00. The van der Waals surface area contributed by atoms with Crippen LogP contribution in [0.3, 0.4) is 0 Å². The first-order chi connectivity index (χ1) is 13.8. The molecule has 0 radical (unpaired) electrons. The standard InChI is InChI=1S/C21H18ClN3O4/c1-23-19(27)16(20(28)24(2)21(23)29)17-13-8-4-5-9-14(13)18(26)25(17)11-12-7-3-6-10-15(12)22/h3-10,16-17H,11H2,1-2H3/t17-/m1/s1. The number of carbonyl (C=O) groups is 4. The maximum absolute atomic E-state index is 13.2. The Kier molecular flexibility index (Phi) is 4.62. The van der Waals surface area contributed by atoms with E-state index >= 15 is 0 Å². The lowest BCUT2D eigenvalue weighted by Crippen LogP contribution is -2.59. The van der Waals surface area contributed by atoms with E-state index in [2.05, 4.69) is 0 Å². The van der Waals surface area contributed by atoms with Gasteiger partial charge < -0.3 is 4.90 Å². The molecule has 2 aliphatic heterocycles. The number of rotatable bonds is 3. The van der Waals surface area contributed by atoms with Gasteiger partial charge in [0, 0.05) is 31.2 Å². The van der Waals surface area contributed by atoms with E-state index in [1.807, 2.05) is 0 Å². The molecule has 1 atom stereocenters. The molecule has 2 aromatic rings. The topological polar surface area (TPSA) is 78.0 Å². The van der Waals surface area contributed by atoms with E-state index in [0.29, 0.717) is 21.7 Å². The highest BCUT2D eigenvalue weighted by Gasteiger charge is 2.52. The van der Waals surface area contributed by atoms with Gasteiger partial charge in [-0.15, -0.1) is 0 Å². The first kappa shape index (κ1) is 19.1. The van der Waals surface area contributed by atoms with Crippen molar-refractivity contribution in [3.8, 4) is 0 Å². The molecule has 29 heavy (non-hydrogen) atoms. The summed E-state index contributed by atoms with van der Waals surface area (Å²) in [5.74, 6) is -2.75. The highest BCUT2D eigenvalue weighted by molar-refractivity contribution is 6.31. The van der Waals surface area contributed by atoms with Crippen LogP contribution in [-0.4, -0.2) is 52.5 Å². The summed E-state index contributed by atoms with van der Waals surface area (Å²) >= 11 is 6.29. The molecule has 0 aromatic heterocycles. The number of urea groups is 1. The number of amides is 5. The minimum Gasteiger partial charge on any atom is -0.326 e. The third kappa shape index (κ3) is 2.89. The van der Waals surface area contributed by atoms with Gasteiger partial charge in [0.2, 0.25) is 11.8 Å². The first-order valence-corrected chi connectivity index (χ1v) is 9.43. The zero-order valence-electron chi connectivity index (χ0n) is 15.8. The van der Waals surface area contributed by atoms with E-state index < -0.39 is 29.8 Å². The molecule has 1 fully saturated rings. The van der Waals surface area contributed by atoms with Crippen LogP contribution in [0.5, 0.6) is 0 Å². The first-order valence-electron chi connectivity index (χ1n) is 9.05. The van der Waals surface area contributed by atoms with Crippen molar-refractivity contribution in [1.82, 2.24) is 14.7 Å². The highest BCUT2D eigenvalue weighted by Crippen LogP contribution is 2.42. The van der Waals surface area contributed by atoms with Gasteiger partial charge in [0.15, 0.2) is 0 Å². The number of halogens is 1. The van der Waals surface area contributed by atoms with Gasteiger partial charge >= 0.3 is 6.03 Å². The summed E-state index contributed by atoms with van der Waals surface area (Å²) in [7, 11) is 2.67. The van der Waals surface area contributed by atoms with Crippen LogP contribution in [0.2, 0.25) is 5.02 Å². The van der Waals surface area contributed by atoms with Crippen molar-refractivity contribution < 1.29 is 19.2 Å². The molecule has 0 bridgehead atoms. The molecule has 2 aromatic carbocycles. The number of carbonyl (C=O) groups excluding carboxylic acids is 4. The summed E-state index contributed by atoms with van der Waals surface area (Å²) in [6.45, 7) is 0.135. The normalized spacial score (nSPS) is 20.0. The largest absolute Gasteiger partial charge is 0.332 e. The van der Waals surface area contributed by atoms with Crippen LogP contribution in [0.4, 0.5) is 4.79 Å². The van der Waals surface area contributed by atoms with E-state index in [0.717, 1.165) is 9.80 Å². The van der Waals surface area contributed by atoms with Gasteiger partial charge in [-0.3, -0.25) is 24.2 Å². The summed E-state index contributed by atoms with van der Waals surface area (Å²) in [6.07, 6.45) is 0. The van der Waals surface area contributed by atoms with Gasteiger partial charge in [-0.2, -0.15) is 0 Å². The molecular weight excluding hydrogens is 394 g/mol. The maximum atomic E-state index is 13.2. The average Bonchev–Trinajstić information content (AvgIpc) is 2.99. The van der Waals surface area contributed by atoms with Gasteiger partial charge in [0.1, 0.15) is 5.92 Å². The van der Waals surface area contributed by atoms with Crippen molar-refractivity contribution in [3.63, 3.8) is 0 Å². The van der Waals surface area contributed by atoms with Gasteiger partial charge in [-0.25, -0.2) is 4.79 Å². The Labute approximate surface area is 172 Å². The Bertz CT molecular complexity index is 1030. The van der Waals surface area contributed by atoms with Crippen molar-refractivity contribution >= 4 is 35.4 Å². The average molecular weight is 412 g/mol. The molecule has 0 spiro atoms. The molecule has 0 N–H and O–H groups in total. The molecule has 8 heteroatoms. The number of benzene rings is 2. The Morgan fingerprint density at radius 1 is 0.862 bits per heavy atom. The Balaban J connectivity index is 1.82. The van der Waals surface area contributed by atoms with Crippen LogP contribution >= 0.6 is 11.6 Å². The summed E-state index contributed by atoms with van der Waals surface area (Å²) in [6, 6.07) is 12.5. The molecule has 148 valence electrons. The molecule has 5 amide bonds. The van der Waals surface area contributed by atoms with Gasteiger partial charge in [-0.05, 0) is 23.3 Å². The van der Waals surface area contributed by atoms with E-state index in [-0.39, 0.29) is 12.5 Å². The minimum absolute atomic E-state index is 0.135. The SMILES string of the molecule is CN1C(=O)C([C@H]2c3ccccc3C(=O)N2Cc2ccccc2Cl)C(=O)N(C)C1=O. The lowest BCUT2D eigenvalue weighted by Gasteiger charge is -2.38. The fourth-order valence-electron chi connectivity index (χ4n) is 3.94. The predicted molar refractivity (Wildman–Crippen MR) is 105 cm³/mol. The van der Waals surface area contributed by atoms with Crippen LogP contribution in [-0.2, 0) is 16.1 Å². The van der Waals surface area contributed by atoms with Gasteiger partial charge in [0.25, 0.3) is 5.91 Å². The zero-order chi connectivity index (χ0) is 20.9. The monoisotopic (exact) mass is 411 g/mol. The van der Waals surface area contributed by atoms with E-state index in [1.165, 1.54) is 19.0 Å². The molecular formula is C21H18ClN3O4. The number of hydrogen-bond acceptors (Lipinski definition) is 4. The van der Waals surface area contributed by atoms with Crippen LogP contribution in [0, 0.1) is 5.92 Å². The summed E-state index contributed by atoms with van der Waals surface area (Å²) < 4.78 is 0. The second-order valence-corrected chi connectivity index (χ2v) is 7.52. The third-order valence-corrected chi connectivity index (χ3v) is 5.86. The Morgan fingerprint density at radius 2 is 1.45 bits per heavy atom. The molecule has 0 aliphatic carbocycles. The summed E-state index contributed by atoms with van der Waals surface area (Å²) in [4.78, 5) is 54.6. The fraction of sp³-hybridized carbons (Fsp3) is 0.238. The molecule has 4 rings (SSSR count). The van der Waals surface area contributed by atoms with Crippen molar-refractivity contribution in [2.24, 2.45) is 5.92 Å². The zero-order valence-corrected chi connectivity index (χ0v) is 16.6. The minimum atomic E-state index is -1.21. The molecule has 2 heterocycles. The van der Waals surface area contributed by atoms with Crippen LogP contribution in [0.25, 0.3) is 0 Å². The molecule has 0 unspecified atom stereocenters. The fourth-order valence-corrected chi connectivity index (χ4v) is 4.14. The maximum Gasteiger partial charge on any atom is 0.332 e. The van der Waals surface area contributed by atoms with Crippen LogP contribution in [0.1, 0.15) is 27.5 Å². The van der Waals surface area contributed by atoms with Gasteiger partial charge in [-0.1, -0.05) is 48.0 Å². The highest BCUT2D eigenvalue weighted by atomic mass is 35.5. The molecule has 7 nitrogen and oxygen atoms in total. The second-order valence-electron chi connectivity index (χ2n) is 7.11. The lowest BCUT2D eigenvalue weighted by atomic mass is 9.89. The van der Waals surface area contributed by atoms with Crippen LogP contribution in [0.15, 0.2) is 48.5 Å². The van der Waals surface area contributed by atoms with Crippen molar-refractivity contribution in [2.75, 3.05) is 14.1 Å². The predicted octanol–water partition coefficient (Wildman–Crippen LogP) is 2.70. The number of hydrogen-bond donors (Lipinski definition) is 0. The van der Waals surface area contributed by atoms with Crippen molar-refractivity contribution in [1.29, 1.82) is 0 Å². The number of imide groups is 2. The molecule has 2 aliphatic rings. The van der Waals surface area contributed by atoms with E-state index in [9.17, 15) is 19.2 Å². The summed E-state index contributed by atoms with van der Waals surface area (Å²) in [5, 5.41) is 0.487. The smallest absolute Gasteiger partial charge is 0.326 e. The number of fused-ring (bicyclic) bond motifs is 1. The van der Waals surface area contributed by atoms with Crippen LogP contribution < -0.4 is 0 Å². The summed E-state index contributed by atoms with van der Waals surface area (Å²) in [5.41, 5.74) is 1.73. The number of nitrogens with zero attached hydrogens (tertiary/aromatic N) is 3. The van der Waals surface area contributed by atoms with E-state index in [4.69, 9.17) is 11.6 Å². The molecule has 1 saturated heterocycles. The number of barbiturate groups is 1. The quantitative estimate of drug-likeness (QED) is 0.727. The third-order valence-electron chi connectivity index (χ3n) is 5.49. The van der Waals surface area contributed by atoms with Gasteiger partial charge in [0.05, 0.1) is 6.04 Å². The molecule has 0 saturated carbocycles. The lowest BCUT2D eigenvalue weighted by molar-refractivity contribution is -0.150. The van der Waals surface area contributed by atoms with E-state index in [1.54, 1.807) is 48.5 Å². The Morgan fingerprint density at radius 3 is 2.10 bits per heavy atom.